The average Bonchev–Trinajstić information content (AvgIpc) is 2.84. The van der Waals surface area contributed by atoms with Crippen LogP contribution in [0, 0.1) is 6.92 Å². The maximum absolute atomic E-state index is 12.2. The van der Waals surface area contributed by atoms with E-state index in [2.05, 4.69) is 12.0 Å². The lowest BCUT2D eigenvalue weighted by Gasteiger charge is -2.34. The van der Waals surface area contributed by atoms with Gasteiger partial charge in [-0.3, -0.25) is 4.68 Å². The van der Waals surface area contributed by atoms with Crippen LogP contribution in [0.1, 0.15) is 50.8 Å². The van der Waals surface area contributed by atoms with Crippen molar-refractivity contribution in [2.24, 2.45) is 0 Å². The van der Waals surface area contributed by atoms with Crippen molar-refractivity contribution in [2.75, 3.05) is 26.8 Å². The second-order valence-electron chi connectivity index (χ2n) is 7.17. The van der Waals surface area contributed by atoms with Crippen molar-refractivity contribution in [1.29, 1.82) is 0 Å². The molecule has 0 aromatic carbocycles. The minimum atomic E-state index is -0.441. The molecule has 2 rings (SSSR count). The molecule has 1 saturated heterocycles. The molecule has 0 aliphatic carbocycles. The molecule has 1 aromatic rings. The molecule has 2 heterocycles. The van der Waals surface area contributed by atoms with Gasteiger partial charge in [0.1, 0.15) is 5.60 Å². The molecule has 1 amide bonds. The number of aromatic nitrogens is 2. The first-order valence-corrected chi connectivity index (χ1v) is 8.31. The van der Waals surface area contributed by atoms with Crippen LogP contribution >= 0.6 is 0 Å². The summed E-state index contributed by atoms with van der Waals surface area (Å²) in [4.78, 5) is 14.0. The number of hydrogen-bond acceptors (Lipinski definition) is 4. The van der Waals surface area contributed by atoms with Gasteiger partial charge in [-0.05, 0) is 46.1 Å². The van der Waals surface area contributed by atoms with Gasteiger partial charge in [-0.25, -0.2) is 4.79 Å². The number of piperidine rings is 1. The molecule has 0 atom stereocenters. The highest BCUT2D eigenvalue weighted by Gasteiger charge is 2.29. The Balaban J connectivity index is 1.97. The predicted octanol–water partition coefficient (Wildman–Crippen LogP) is 2.95. The number of amides is 1. The maximum Gasteiger partial charge on any atom is 0.410 e. The molecule has 1 aliphatic heterocycles. The quantitative estimate of drug-likeness (QED) is 0.855. The third kappa shape index (κ3) is 4.70. The maximum atomic E-state index is 12.2. The van der Waals surface area contributed by atoms with E-state index >= 15 is 0 Å². The number of aryl methyl sites for hydroxylation is 1. The lowest BCUT2D eigenvalue weighted by atomic mass is 9.91. The van der Waals surface area contributed by atoms with Crippen molar-refractivity contribution in [3.63, 3.8) is 0 Å². The summed E-state index contributed by atoms with van der Waals surface area (Å²) >= 11 is 0. The zero-order valence-electron chi connectivity index (χ0n) is 15.0. The molecule has 0 unspecified atom stereocenters. The Morgan fingerprint density at radius 1 is 1.35 bits per heavy atom. The highest BCUT2D eigenvalue weighted by molar-refractivity contribution is 5.68. The molecule has 0 spiro atoms. The molecule has 1 fully saturated rings. The minimum absolute atomic E-state index is 0.208. The Morgan fingerprint density at radius 3 is 2.57 bits per heavy atom. The highest BCUT2D eigenvalue weighted by Crippen LogP contribution is 2.30. The fourth-order valence-electron chi connectivity index (χ4n) is 3.04. The zero-order chi connectivity index (χ0) is 17.0. The van der Waals surface area contributed by atoms with Crippen LogP contribution in [-0.2, 0) is 16.0 Å². The molecule has 0 saturated carbocycles. The van der Waals surface area contributed by atoms with E-state index in [-0.39, 0.29) is 6.09 Å². The van der Waals surface area contributed by atoms with Crippen LogP contribution in [0.15, 0.2) is 6.20 Å². The highest BCUT2D eigenvalue weighted by atomic mass is 16.6. The van der Waals surface area contributed by atoms with Gasteiger partial charge in [0.2, 0.25) is 0 Å². The molecular formula is C17H29N3O3. The summed E-state index contributed by atoms with van der Waals surface area (Å²) in [5.74, 6) is 0.438. The molecule has 6 nitrogen and oxygen atoms in total. The molecule has 23 heavy (non-hydrogen) atoms. The van der Waals surface area contributed by atoms with Crippen molar-refractivity contribution in [3.8, 4) is 0 Å². The van der Waals surface area contributed by atoms with Gasteiger partial charge >= 0.3 is 6.09 Å². The molecule has 6 heteroatoms. The first-order valence-electron chi connectivity index (χ1n) is 8.31. The Morgan fingerprint density at radius 2 is 2.00 bits per heavy atom. The van der Waals surface area contributed by atoms with E-state index in [9.17, 15) is 4.79 Å². The number of carbonyl (C=O) groups is 1. The monoisotopic (exact) mass is 323 g/mol. The molecule has 1 aliphatic rings. The van der Waals surface area contributed by atoms with Crippen LogP contribution in [0.4, 0.5) is 4.79 Å². The number of nitrogens with zero attached hydrogens (tertiary/aromatic N) is 3. The third-order valence-corrected chi connectivity index (χ3v) is 4.11. The van der Waals surface area contributed by atoms with Crippen molar-refractivity contribution >= 4 is 6.09 Å². The molecule has 0 N–H and O–H groups in total. The Bertz CT molecular complexity index is 526. The van der Waals surface area contributed by atoms with Crippen LogP contribution in [-0.4, -0.2) is 53.2 Å². The van der Waals surface area contributed by atoms with Crippen molar-refractivity contribution in [1.82, 2.24) is 14.7 Å². The second-order valence-corrected chi connectivity index (χ2v) is 7.17. The zero-order valence-corrected chi connectivity index (χ0v) is 15.0. The fourth-order valence-corrected chi connectivity index (χ4v) is 3.04. The standard InChI is InChI=1S/C17H29N3O3/c1-13-12-18-20(10-11-22-5)15(13)14-6-8-19(9-7-14)16(21)23-17(2,3)4/h12,14H,6-11H2,1-5H3. The normalized spacial score (nSPS) is 16.7. The van der Waals surface area contributed by atoms with Gasteiger partial charge < -0.3 is 14.4 Å². The van der Waals surface area contributed by atoms with Crippen LogP contribution in [0.3, 0.4) is 0 Å². The van der Waals surface area contributed by atoms with Crippen molar-refractivity contribution in [2.45, 2.75) is 58.6 Å². The first kappa shape index (κ1) is 17.8. The van der Waals surface area contributed by atoms with Crippen molar-refractivity contribution < 1.29 is 14.3 Å². The third-order valence-electron chi connectivity index (χ3n) is 4.11. The number of methoxy groups -OCH3 is 1. The summed E-state index contributed by atoms with van der Waals surface area (Å²) in [5, 5.41) is 4.46. The van der Waals surface area contributed by atoms with Gasteiger partial charge in [0.05, 0.1) is 19.3 Å². The van der Waals surface area contributed by atoms with E-state index < -0.39 is 5.60 Å². The lowest BCUT2D eigenvalue weighted by molar-refractivity contribution is 0.0203. The van der Waals surface area contributed by atoms with Crippen LogP contribution in [0.5, 0.6) is 0 Å². The predicted molar refractivity (Wildman–Crippen MR) is 88.6 cm³/mol. The van der Waals surface area contributed by atoms with Gasteiger partial charge in [-0.1, -0.05) is 0 Å². The minimum Gasteiger partial charge on any atom is -0.444 e. The van der Waals surface area contributed by atoms with E-state index in [1.165, 1.54) is 11.3 Å². The number of rotatable bonds is 4. The van der Waals surface area contributed by atoms with E-state index in [0.717, 1.165) is 32.5 Å². The number of ether oxygens (including phenoxy) is 2. The second kappa shape index (κ2) is 7.34. The molecule has 1 aromatic heterocycles. The SMILES string of the molecule is COCCn1ncc(C)c1C1CCN(C(=O)OC(C)(C)C)CC1. The van der Waals surface area contributed by atoms with E-state index in [4.69, 9.17) is 9.47 Å². The van der Waals surface area contributed by atoms with E-state index in [1.807, 2.05) is 36.5 Å². The summed E-state index contributed by atoms with van der Waals surface area (Å²) in [6.07, 6.45) is 3.60. The van der Waals surface area contributed by atoms with E-state index in [0.29, 0.717) is 12.5 Å². The Labute approximate surface area is 138 Å². The Kier molecular flexibility index (Phi) is 5.68. The summed E-state index contributed by atoms with van der Waals surface area (Å²) in [6.45, 7) is 10.7. The van der Waals surface area contributed by atoms with Gasteiger partial charge in [-0.2, -0.15) is 5.10 Å². The fraction of sp³-hybridized carbons (Fsp3) is 0.765. The number of hydrogen-bond donors (Lipinski definition) is 0. The molecule has 130 valence electrons. The summed E-state index contributed by atoms with van der Waals surface area (Å²) in [5.41, 5.74) is 2.06. The topological polar surface area (TPSA) is 56.6 Å². The van der Waals surface area contributed by atoms with Gasteiger partial charge in [0, 0.05) is 31.8 Å². The van der Waals surface area contributed by atoms with Crippen molar-refractivity contribution in [3.05, 3.63) is 17.5 Å². The Hall–Kier alpha value is -1.56. The van der Waals surface area contributed by atoms with Gasteiger partial charge in [-0.15, -0.1) is 0 Å². The van der Waals surface area contributed by atoms with Crippen LogP contribution in [0.2, 0.25) is 0 Å². The largest absolute Gasteiger partial charge is 0.444 e. The smallest absolute Gasteiger partial charge is 0.410 e. The number of carbonyl (C=O) groups excluding carboxylic acids is 1. The summed E-state index contributed by atoms with van der Waals surface area (Å²) < 4.78 is 12.7. The van der Waals surface area contributed by atoms with Gasteiger partial charge in [0.25, 0.3) is 0 Å². The molecule has 0 radical (unpaired) electrons. The first-order chi connectivity index (χ1) is 10.8. The molecular weight excluding hydrogens is 294 g/mol. The average molecular weight is 323 g/mol. The summed E-state index contributed by atoms with van der Waals surface area (Å²) in [7, 11) is 1.70. The number of likely N-dealkylation sites (tertiary alicyclic amines) is 1. The molecule has 0 bridgehead atoms. The lowest BCUT2D eigenvalue weighted by Crippen LogP contribution is -2.41. The van der Waals surface area contributed by atoms with Crippen LogP contribution < -0.4 is 0 Å². The van der Waals surface area contributed by atoms with E-state index in [1.54, 1.807) is 7.11 Å². The summed E-state index contributed by atoms with van der Waals surface area (Å²) in [6, 6.07) is 0. The van der Waals surface area contributed by atoms with Gasteiger partial charge in [0.15, 0.2) is 0 Å². The van der Waals surface area contributed by atoms with Crippen LogP contribution in [0.25, 0.3) is 0 Å².